The van der Waals surface area contributed by atoms with Crippen LogP contribution in [0.4, 0.5) is 5.13 Å². The van der Waals surface area contributed by atoms with Gasteiger partial charge in [0.15, 0.2) is 5.13 Å². The van der Waals surface area contributed by atoms with E-state index in [0.717, 1.165) is 23.9 Å². The Morgan fingerprint density at radius 3 is 2.41 bits per heavy atom. The fraction of sp³-hybridized carbons (Fsp3) is 0.769. The van der Waals surface area contributed by atoms with Gasteiger partial charge in [-0.2, -0.15) is 0 Å². The Labute approximate surface area is 109 Å². The van der Waals surface area contributed by atoms with E-state index >= 15 is 0 Å². The fourth-order valence-electron chi connectivity index (χ4n) is 1.80. The van der Waals surface area contributed by atoms with Gasteiger partial charge >= 0.3 is 0 Å². The van der Waals surface area contributed by atoms with Crippen LogP contribution in [-0.2, 0) is 0 Å². The third kappa shape index (κ3) is 3.68. The molecule has 2 atom stereocenters. The van der Waals surface area contributed by atoms with E-state index in [1.165, 1.54) is 11.3 Å². The molecule has 98 valence electrons. The average Bonchev–Trinajstić information content (AvgIpc) is 2.67. The van der Waals surface area contributed by atoms with Gasteiger partial charge in [0.05, 0.1) is 5.69 Å². The van der Waals surface area contributed by atoms with E-state index in [4.69, 9.17) is 5.73 Å². The molecule has 0 aliphatic heterocycles. The number of aromatic nitrogens is 1. The molecule has 17 heavy (non-hydrogen) atoms. The van der Waals surface area contributed by atoms with Crippen molar-refractivity contribution in [3.63, 3.8) is 0 Å². The molecule has 0 bridgehead atoms. The molecule has 0 saturated heterocycles. The third-order valence-electron chi connectivity index (χ3n) is 3.12. The maximum absolute atomic E-state index is 5.95. The van der Waals surface area contributed by atoms with Crippen LogP contribution in [0.1, 0.15) is 50.7 Å². The summed E-state index contributed by atoms with van der Waals surface area (Å²) in [6, 6.07) is 0.0866. The van der Waals surface area contributed by atoms with Gasteiger partial charge in [0.2, 0.25) is 0 Å². The van der Waals surface area contributed by atoms with Crippen LogP contribution in [0.2, 0.25) is 0 Å². The van der Waals surface area contributed by atoms with Crippen molar-refractivity contribution in [2.24, 2.45) is 11.7 Å². The van der Waals surface area contributed by atoms with Gasteiger partial charge in [-0.15, -0.1) is 11.3 Å². The molecule has 0 fully saturated rings. The number of hydrogen-bond donors (Lipinski definition) is 1. The Hall–Kier alpha value is -0.610. The quantitative estimate of drug-likeness (QED) is 0.847. The Balaban J connectivity index is 2.85. The van der Waals surface area contributed by atoms with Gasteiger partial charge in [0.25, 0.3) is 0 Å². The van der Waals surface area contributed by atoms with Gasteiger partial charge in [0, 0.05) is 24.0 Å². The second-order valence-corrected chi connectivity index (χ2v) is 5.80. The average molecular weight is 255 g/mol. The summed E-state index contributed by atoms with van der Waals surface area (Å²) < 4.78 is 0. The lowest BCUT2D eigenvalue weighted by Crippen LogP contribution is -2.27. The highest BCUT2D eigenvalue weighted by Crippen LogP contribution is 2.30. The normalized spacial score (nSPS) is 14.7. The van der Waals surface area contributed by atoms with Crippen LogP contribution in [-0.4, -0.2) is 18.1 Å². The highest BCUT2D eigenvalue weighted by molar-refractivity contribution is 7.15. The molecule has 0 saturated carbocycles. The van der Waals surface area contributed by atoms with Gasteiger partial charge < -0.3 is 10.6 Å². The van der Waals surface area contributed by atoms with Crippen LogP contribution in [0, 0.1) is 12.8 Å². The Morgan fingerprint density at radius 2 is 2.00 bits per heavy atom. The van der Waals surface area contributed by atoms with Gasteiger partial charge in [-0.05, 0) is 26.7 Å². The molecule has 0 spiro atoms. The topological polar surface area (TPSA) is 42.2 Å². The first-order valence-corrected chi connectivity index (χ1v) is 7.29. The summed E-state index contributed by atoms with van der Waals surface area (Å²) in [7, 11) is 0. The molecule has 1 heterocycles. The molecule has 0 aliphatic carbocycles. The summed E-state index contributed by atoms with van der Waals surface area (Å²) in [6.45, 7) is 12.9. The fourth-order valence-corrected chi connectivity index (χ4v) is 2.89. The molecule has 0 radical (unpaired) electrons. The number of aryl methyl sites for hydroxylation is 1. The van der Waals surface area contributed by atoms with Crippen LogP contribution >= 0.6 is 11.3 Å². The van der Waals surface area contributed by atoms with Gasteiger partial charge in [-0.25, -0.2) is 4.98 Å². The first kappa shape index (κ1) is 14.5. The zero-order valence-corrected chi connectivity index (χ0v) is 12.5. The summed E-state index contributed by atoms with van der Waals surface area (Å²) in [5, 5.41) is 1.12. The minimum absolute atomic E-state index is 0.0866. The predicted molar refractivity (Wildman–Crippen MR) is 76.8 cm³/mol. The van der Waals surface area contributed by atoms with E-state index in [0.29, 0.717) is 5.92 Å². The zero-order chi connectivity index (χ0) is 13.0. The van der Waals surface area contributed by atoms with E-state index in [9.17, 15) is 0 Å². The Morgan fingerprint density at radius 1 is 1.35 bits per heavy atom. The molecular formula is C13H25N3S. The highest BCUT2D eigenvalue weighted by Gasteiger charge is 2.16. The molecule has 0 aliphatic rings. The zero-order valence-electron chi connectivity index (χ0n) is 11.7. The molecule has 3 nitrogen and oxygen atoms in total. The summed E-state index contributed by atoms with van der Waals surface area (Å²) >= 11 is 1.74. The molecule has 1 aromatic heterocycles. The Bertz CT molecular complexity index is 346. The highest BCUT2D eigenvalue weighted by atomic mass is 32.1. The van der Waals surface area contributed by atoms with E-state index in [2.05, 4.69) is 37.6 Å². The van der Waals surface area contributed by atoms with E-state index < -0.39 is 0 Å². The van der Waals surface area contributed by atoms with Crippen LogP contribution in [0.3, 0.4) is 0 Å². The molecular weight excluding hydrogens is 230 g/mol. The van der Waals surface area contributed by atoms with Crippen LogP contribution < -0.4 is 10.6 Å². The number of nitrogens with two attached hydrogens (primary N) is 1. The first-order valence-electron chi connectivity index (χ1n) is 6.47. The standard InChI is InChI=1S/C13H25N3S/c1-6-9(3)8-16(7-2)13-15-11(5)12(17-13)10(4)14/h9-10H,6-8,14H2,1-5H3. The number of anilines is 1. The minimum atomic E-state index is 0.0866. The second-order valence-electron chi connectivity index (χ2n) is 4.79. The van der Waals surface area contributed by atoms with Crippen LogP contribution in [0.25, 0.3) is 0 Å². The number of nitrogens with zero attached hydrogens (tertiary/aromatic N) is 2. The maximum atomic E-state index is 5.95. The van der Waals surface area contributed by atoms with Crippen molar-refractivity contribution < 1.29 is 0 Å². The van der Waals surface area contributed by atoms with Crippen molar-refractivity contribution >= 4 is 16.5 Å². The summed E-state index contributed by atoms with van der Waals surface area (Å²) in [6.07, 6.45) is 1.21. The number of rotatable bonds is 6. The number of hydrogen-bond acceptors (Lipinski definition) is 4. The van der Waals surface area contributed by atoms with E-state index in [1.807, 2.05) is 6.92 Å². The smallest absolute Gasteiger partial charge is 0.185 e. The molecule has 0 amide bonds. The largest absolute Gasteiger partial charge is 0.348 e. The minimum Gasteiger partial charge on any atom is -0.348 e. The van der Waals surface area contributed by atoms with Gasteiger partial charge in [-0.3, -0.25) is 0 Å². The molecule has 1 aromatic rings. The van der Waals surface area contributed by atoms with E-state index in [-0.39, 0.29) is 6.04 Å². The Kier molecular flexibility index (Phi) is 5.40. The SMILES string of the molecule is CCC(C)CN(CC)c1nc(C)c(C(C)N)s1. The van der Waals surface area contributed by atoms with Crippen molar-refractivity contribution in [1.29, 1.82) is 0 Å². The summed E-state index contributed by atoms with van der Waals surface area (Å²) in [5.74, 6) is 0.706. The van der Waals surface area contributed by atoms with Crippen molar-refractivity contribution in [1.82, 2.24) is 4.98 Å². The molecule has 2 unspecified atom stereocenters. The monoisotopic (exact) mass is 255 g/mol. The lowest BCUT2D eigenvalue weighted by molar-refractivity contribution is 0.547. The van der Waals surface area contributed by atoms with Crippen LogP contribution in [0.5, 0.6) is 0 Å². The molecule has 2 N–H and O–H groups in total. The lowest BCUT2D eigenvalue weighted by atomic mass is 10.1. The predicted octanol–water partition coefficient (Wildman–Crippen LogP) is 3.34. The molecule has 4 heteroatoms. The van der Waals surface area contributed by atoms with Gasteiger partial charge in [0.1, 0.15) is 0 Å². The summed E-state index contributed by atoms with van der Waals surface area (Å²) in [4.78, 5) is 8.22. The third-order valence-corrected chi connectivity index (χ3v) is 4.54. The van der Waals surface area contributed by atoms with Crippen molar-refractivity contribution in [2.45, 2.75) is 47.1 Å². The van der Waals surface area contributed by atoms with Crippen molar-refractivity contribution in [3.05, 3.63) is 10.6 Å². The summed E-state index contributed by atoms with van der Waals surface area (Å²) in [5.41, 5.74) is 7.03. The molecule has 0 aromatic carbocycles. The first-order chi connectivity index (χ1) is 7.99. The maximum Gasteiger partial charge on any atom is 0.185 e. The molecule has 1 rings (SSSR count). The van der Waals surface area contributed by atoms with Gasteiger partial charge in [-0.1, -0.05) is 20.3 Å². The number of thiazole rings is 1. The second kappa shape index (κ2) is 6.36. The van der Waals surface area contributed by atoms with Crippen molar-refractivity contribution in [3.8, 4) is 0 Å². The van der Waals surface area contributed by atoms with Crippen molar-refractivity contribution in [2.75, 3.05) is 18.0 Å². The van der Waals surface area contributed by atoms with Crippen LogP contribution in [0.15, 0.2) is 0 Å². The van der Waals surface area contributed by atoms with E-state index in [1.54, 1.807) is 11.3 Å². The lowest BCUT2D eigenvalue weighted by Gasteiger charge is -2.23.